The van der Waals surface area contributed by atoms with E-state index in [1.165, 1.54) is 38.6 Å². The number of carbonyl (C=O) groups is 1. The van der Waals surface area contributed by atoms with Gasteiger partial charge in [-0.3, -0.25) is 4.72 Å². The van der Waals surface area contributed by atoms with Crippen molar-refractivity contribution in [2.75, 3.05) is 26.0 Å². The first-order chi connectivity index (χ1) is 13.1. The predicted molar refractivity (Wildman–Crippen MR) is 112 cm³/mol. The number of methoxy groups -OCH3 is 2. The van der Waals surface area contributed by atoms with Crippen LogP contribution < -0.4 is 14.8 Å². The van der Waals surface area contributed by atoms with Crippen LogP contribution in [0.15, 0.2) is 40.8 Å². The van der Waals surface area contributed by atoms with Gasteiger partial charge in [-0.25, -0.2) is 13.2 Å². The van der Waals surface area contributed by atoms with E-state index in [4.69, 9.17) is 14.6 Å². The number of allylic oxidation sites excluding steroid dienone is 1. The van der Waals surface area contributed by atoms with Gasteiger partial charge in [-0.15, -0.1) is 0 Å². The summed E-state index contributed by atoms with van der Waals surface area (Å²) in [6, 6.07) is 3.88. The van der Waals surface area contributed by atoms with Crippen LogP contribution in [-0.4, -0.2) is 45.7 Å². The number of sulfonamides is 1. The Balaban J connectivity index is 3.25. The quantitative estimate of drug-likeness (QED) is 0.362. The molecule has 0 aliphatic rings. The molecule has 10 heteroatoms. The summed E-state index contributed by atoms with van der Waals surface area (Å²) < 4.78 is 38.9. The van der Waals surface area contributed by atoms with E-state index in [-0.39, 0.29) is 21.2 Å². The summed E-state index contributed by atoms with van der Waals surface area (Å²) in [5.74, 6) is -1.05. The number of hydrogen-bond acceptors (Lipinski definition) is 7. The fourth-order valence-corrected chi connectivity index (χ4v) is 4.77. The Morgan fingerprint density at radius 3 is 2.54 bits per heavy atom. The minimum atomic E-state index is -4.00. The fraction of sp³-hybridized carbons (Fsp3) is 0.389. The molecule has 1 unspecified atom stereocenters. The Hall–Kier alpha value is -2.17. The van der Waals surface area contributed by atoms with Gasteiger partial charge in [0.1, 0.15) is 14.9 Å². The first-order valence-corrected chi connectivity index (χ1v) is 10.7. The molecular weight excluding hydrogens is 404 g/mol. The van der Waals surface area contributed by atoms with Gasteiger partial charge in [-0.1, -0.05) is 24.8 Å². The smallest absolute Gasteiger partial charge is 0.335 e. The van der Waals surface area contributed by atoms with Crippen LogP contribution >= 0.6 is 11.8 Å². The van der Waals surface area contributed by atoms with Crippen molar-refractivity contribution in [3.05, 3.63) is 46.4 Å². The van der Waals surface area contributed by atoms with E-state index in [0.29, 0.717) is 0 Å². The lowest BCUT2D eigenvalue weighted by atomic mass is 10.2. The number of carboxylic acid groups (broad SMARTS) is 1. The molecule has 0 aromatic heterocycles. The summed E-state index contributed by atoms with van der Waals surface area (Å²) in [7, 11) is 0.413. The summed E-state index contributed by atoms with van der Waals surface area (Å²) in [6.07, 6.45) is 5.81. The number of aromatic carboxylic acids is 1. The maximum Gasteiger partial charge on any atom is 0.335 e. The number of ether oxygens (including phenoxy) is 2. The average Bonchev–Trinajstić information content (AvgIpc) is 2.66. The van der Waals surface area contributed by atoms with Gasteiger partial charge in [-0.2, -0.15) is 0 Å². The number of rotatable bonds is 11. The van der Waals surface area contributed by atoms with Crippen LogP contribution in [0.1, 0.15) is 30.6 Å². The number of anilines is 1. The second-order valence-electron chi connectivity index (χ2n) is 5.71. The highest BCUT2D eigenvalue weighted by molar-refractivity contribution is 8.19. The topological polar surface area (TPSA) is 114 Å². The van der Waals surface area contributed by atoms with Crippen LogP contribution in [-0.2, 0) is 14.8 Å². The van der Waals surface area contributed by atoms with E-state index in [1.54, 1.807) is 20.0 Å². The molecule has 0 bridgehead atoms. The fourth-order valence-electron chi connectivity index (χ4n) is 2.06. The minimum Gasteiger partial charge on any atom is -0.495 e. The van der Waals surface area contributed by atoms with Crippen molar-refractivity contribution in [1.82, 2.24) is 5.32 Å². The average molecular weight is 431 g/mol. The monoisotopic (exact) mass is 430 g/mol. The van der Waals surface area contributed by atoms with E-state index in [2.05, 4.69) is 10.0 Å². The van der Waals surface area contributed by atoms with Crippen molar-refractivity contribution < 1.29 is 27.8 Å². The van der Waals surface area contributed by atoms with Crippen LogP contribution in [0.2, 0.25) is 0 Å². The Morgan fingerprint density at radius 1 is 1.36 bits per heavy atom. The summed E-state index contributed by atoms with van der Waals surface area (Å²) in [5, 5.41) is 11.8. The third-order valence-electron chi connectivity index (χ3n) is 3.58. The molecule has 1 aromatic carbocycles. The maximum absolute atomic E-state index is 13.0. The van der Waals surface area contributed by atoms with Crippen LogP contribution in [0.25, 0.3) is 0 Å². The Morgan fingerprint density at radius 2 is 2.04 bits per heavy atom. The van der Waals surface area contributed by atoms with E-state index in [1.807, 2.05) is 13.0 Å². The Kier molecular flexibility index (Phi) is 8.86. The predicted octanol–water partition coefficient (Wildman–Crippen LogP) is 3.22. The molecule has 0 spiro atoms. The van der Waals surface area contributed by atoms with Gasteiger partial charge in [0, 0.05) is 20.4 Å². The van der Waals surface area contributed by atoms with Crippen molar-refractivity contribution in [2.24, 2.45) is 0 Å². The van der Waals surface area contributed by atoms with Crippen LogP contribution in [0.5, 0.6) is 5.75 Å². The molecule has 3 N–H and O–H groups in total. The Bertz CT molecular complexity index is 852. The summed E-state index contributed by atoms with van der Waals surface area (Å²) in [4.78, 5) is 10.2. The molecule has 8 nitrogen and oxygen atoms in total. The second-order valence-corrected chi connectivity index (χ2v) is 9.07. The summed E-state index contributed by atoms with van der Waals surface area (Å²) >= 11 is 1.01. The lowest BCUT2D eigenvalue weighted by Gasteiger charge is -2.25. The molecule has 0 fully saturated rings. The third-order valence-corrected chi connectivity index (χ3v) is 6.66. The highest BCUT2D eigenvalue weighted by Gasteiger charge is 2.30. The molecule has 0 amide bonds. The van der Waals surface area contributed by atoms with Gasteiger partial charge >= 0.3 is 5.97 Å². The third kappa shape index (κ3) is 6.47. The van der Waals surface area contributed by atoms with Gasteiger partial charge in [0.25, 0.3) is 10.0 Å². The molecule has 1 atom stereocenters. The van der Waals surface area contributed by atoms with Gasteiger partial charge in [0.05, 0.1) is 18.4 Å². The standard InChI is InChI=1S/C18H26N2O6S2/c1-6-7-10-18(2,26-5)27-16(12-19-3)28(23,24)20-14-9-8-13(17(21)22)11-15(14)25-4/h7-12,19-20H,6H2,1-5H3,(H,21,22)/b10-7-,16-12+. The first kappa shape index (κ1) is 23.9. The SMILES string of the molecule is CC/C=C\C(C)(OC)S/C(=C\NC)S(=O)(=O)Nc1ccc(C(=O)O)cc1OC. The minimum absolute atomic E-state index is 0.00975. The molecular formula is C18H26N2O6S2. The normalized spacial score (nSPS) is 14.5. The molecule has 1 aromatic rings. The number of carboxylic acids is 1. The molecule has 0 aliphatic heterocycles. The lowest BCUT2D eigenvalue weighted by Crippen LogP contribution is -2.24. The van der Waals surface area contributed by atoms with Crippen LogP contribution in [0.3, 0.4) is 0 Å². The molecule has 1 rings (SSSR count). The largest absolute Gasteiger partial charge is 0.495 e. The second kappa shape index (κ2) is 10.4. The number of hydrogen-bond donors (Lipinski definition) is 3. The zero-order valence-corrected chi connectivity index (χ0v) is 18.1. The van der Waals surface area contributed by atoms with Crippen molar-refractivity contribution in [3.63, 3.8) is 0 Å². The Labute approximate surface area is 170 Å². The molecule has 0 heterocycles. The van der Waals surface area contributed by atoms with Crippen molar-refractivity contribution >= 4 is 33.4 Å². The summed E-state index contributed by atoms with van der Waals surface area (Å²) in [6.45, 7) is 3.72. The summed E-state index contributed by atoms with van der Waals surface area (Å²) in [5.41, 5.74) is 0.107. The molecule has 0 aliphatic carbocycles. The maximum atomic E-state index is 13.0. The van der Waals surface area contributed by atoms with Gasteiger partial charge in [0.15, 0.2) is 0 Å². The highest BCUT2D eigenvalue weighted by atomic mass is 32.3. The lowest BCUT2D eigenvalue weighted by molar-refractivity contribution is 0.0696. The van der Waals surface area contributed by atoms with Crippen molar-refractivity contribution in [2.45, 2.75) is 25.2 Å². The van der Waals surface area contributed by atoms with Crippen LogP contribution in [0, 0.1) is 0 Å². The molecule has 0 radical (unpaired) electrons. The zero-order chi connectivity index (χ0) is 21.4. The number of nitrogens with one attached hydrogen (secondary N) is 2. The van der Waals surface area contributed by atoms with E-state index >= 15 is 0 Å². The van der Waals surface area contributed by atoms with Crippen LogP contribution in [0.4, 0.5) is 5.69 Å². The highest BCUT2D eigenvalue weighted by Crippen LogP contribution is 2.38. The number of thioether (sulfide) groups is 1. The van der Waals surface area contributed by atoms with E-state index in [0.717, 1.165) is 18.2 Å². The van der Waals surface area contributed by atoms with E-state index < -0.39 is 20.9 Å². The molecule has 0 saturated heterocycles. The first-order valence-electron chi connectivity index (χ1n) is 8.36. The van der Waals surface area contributed by atoms with Gasteiger partial charge in [0.2, 0.25) is 0 Å². The van der Waals surface area contributed by atoms with Gasteiger partial charge in [-0.05, 0) is 37.6 Å². The van der Waals surface area contributed by atoms with Crippen molar-refractivity contribution in [3.8, 4) is 5.75 Å². The molecule has 0 saturated carbocycles. The zero-order valence-electron chi connectivity index (χ0n) is 16.5. The molecule has 28 heavy (non-hydrogen) atoms. The molecule has 156 valence electrons. The van der Waals surface area contributed by atoms with E-state index in [9.17, 15) is 13.2 Å². The van der Waals surface area contributed by atoms with Crippen molar-refractivity contribution in [1.29, 1.82) is 0 Å². The number of benzene rings is 1. The van der Waals surface area contributed by atoms with Gasteiger partial charge < -0.3 is 19.9 Å².